The number of piperidine rings is 1. The summed E-state index contributed by atoms with van der Waals surface area (Å²) in [6, 6.07) is 2.16. The third-order valence-electron chi connectivity index (χ3n) is 3.37. The number of nitrogens with two attached hydrogens (primary N) is 1. The van der Waals surface area contributed by atoms with Crippen molar-refractivity contribution in [3.05, 3.63) is 11.8 Å². The summed E-state index contributed by atoms with van der Waals surface area (Å²) >= 11 is 0. The molecule has 2 heterocycles. The number of anilines is 1. The maximum atomic E-state index is 5.68. The Labute approximate surface area is 91.1 Å². The fourth-order valence-electron chi connectivity index (χ4n) is 2.09. The number of hydrogen-bond acceptors (Lipinski definition) is 3. The van der Waals surface area contributed by atoms with E-state index in [9.17, 15) is 0 Å². The van der Waals surface area contributed by atoms with Crippen LogP contribution in [0, 0.1) is 12.8 Å². The molecule has 0 aromatic carbocycles. The fourth-order valence-corrected chi connectivity index (χ4v) is 2.09. The van der Waals surface area contributed by atoms with Gasteiger partial charge in [0, 0.05) is 31.9 Å². The first-order valence-corrected chi connectivity index (χ1v) is 5.66. The number of nitrogens with zero attached hydrogens (tertiary/aromatic N) is 3. The van der Waals surface area contributed by atoms with Gasteiger partial charge in [0.2, 0.25) is 0 Å². The minimum Gasteiger partial charge on any atom is -0.355 e. The number of rotatable bonds is 2. The van der Waals surface area contributed by atoms with Gasteiger partial charge in [0.1, 0.15) is 0 Å². The van der Waals surface area contributed by atoms with Crippen molar-refractivity contribution in [3.8, 4) is 0 Å². The van der Waals surface area contributed by atoms with Gasteiger partial charge in [-0.25, -0.2) is 0 Å². The number of aryl methyl sites for hydroxylation is 2. The predicted octanol–water partition coefficient (Wildman–Crippen LogP) is 0.904. The third kappa shape index (κ3) is 2.15. The van der Waals surface area contributed by atoms with Crippen molar-refractivity contribution in [1.82, 2.24) is 9.78 Å². The van der Waals surface area contributed by atoms with Gasteiger partial charge in [0.05, 0.1) is 0 Å². The van der Waals surface area contributed by atoms with Gasteiger partial charge in [0.25, 0.3) is 0 Å². The summed E-state index contributed by atoms with van der Waals surface area (Å²) in [4.78, 5) is 2.36. The molecule has 4 heteroatoms. The van der Waals surface area contributed by atoms with Crippen LogP contribution < -0.4 is 10.6 Å². The Morgan fingerprint density at radius 1 is 1.47 bits per heavy atom. The standard InChI is InChI=1S/C11H20N4/c1-9-7-11(13-14(9)2)15-5-3-10(8-12)4-6-15/h7,10H,3-6,8,12H2,1-2H3. The van der Waals surface area contributed by atoms with E-state index < -0.39 is 0 Å². The lowest BCUT2D eigenvalue weighted by atomic mass is 9.97. The minimum absolute atomic E-state index is 0.714. The molecule has 1 aromatic heterocycles. The molecule has 0 radical (unpaired) electrons. The largest absolute Gasteiger partial charge is 0.355 e. The van der Waals surface area contributed by atoms with Crippen LogP contribution in [0.1, 0.15) is 18.5 Å². The Hall–Kier alpha value is -1.03. The molecule has 0 bridgehead atoms. The molecule has 1 aromatic rings. The van der Waals surface area contributed by atoms with E-state index in [1.807, 2.05) is 11.7 Å². The summed E-state index contributed by atoms with van der Waals surface area (Å²) < 4.78 is 1.93. The van der Waals surface area contributed by atoms with Crippen molar-refractivity contribution < 1.29 is 0 Å². The average Bonchev–Trinajstić information content (AvgIpc) is 2.59. The molecule has 2 rings (SSSR count). The zero-order valence-electron chi connectivity index (χ0n) is 9.61. The molecule has 4 nitrogen and oxygen atoms in total. The van der Waals surface area contributed by atoms with E-state index in [1.165, 1.54) is 18.5 Å². The molecule has 1 aliphatic heterocycles. The molecular weight excluding hydrogens is 188 g/mol. The van der Waals surface area contributed by atoms with Crippen molar-refractivity contribution in [2.45, 2.75) is 19.8 Å². The smallest absolute Gasteiger partial charge is 0.150 e. The second-order valence-corrected chi connectivity index (χ2v) is 4.43. The molecule has 0 saturated carbocycles. The Morgan fingerprint density at radius 3 is 2.60 bits per heavy atom. The lowest BCUT2D eigenvalue weighted by Crippen LogP contribution is -2.36. The van der Waals surface area contributed by atoms with Crippen LogP contribution in [-0.2, 0) is 7.05 Å². The van der Waals surface area contributed by atoms with Crippen LogP contribution in [0.15, 0.2) is 6.07 Å². The predicted molar refractivity (Wildman–Crippen MR) is 61.9 cm³/mol. The fraction of sp³-hybridized carbons (Fsp3) is 0.727. The zero-order valence-corrected chi connectivity index (χ0v) is 9.61. The average molecular weight is 208 g/mol. The van der Waals surface area contributed by atoms with E-state index in [2.05, 4.69) is 23.0 Å². The second-order valence-electron chi connectivity index (χ2n) is 4.43. The summed E-state index contributed by atoms with van der Waals surface area (Å²) in [7, 11) is 1.99. The molecule has 1 aliphatic rings. The van der Waals surface area contributed by atoms with Crippen LogP contribution in [0.2, 0.25) is 0 Å². The van der Waals surface area contributed by atoms with E-state index in [-0.39, 0.29) is 0 Å². The highest BCUT2D eigenvalue weighted by atomic mass is 15.3. The normalized spacial score (nSPS) is 18.5. The molecule has 1 saturated heterocycles. The quantitative estimate of drug-likeness (QED) is 0.785. The zero-order chi connectivity index (χ0) is 10.8. The Kier molecular flexibility index (Phi) is 2.95. The SMILES string of the molecule is Cc1cc(N2CCC(CN)CC2)nn1C. The number of hydrogen-bond donors (Lipinski definition) is 1. The van der Waals surface area contributed by atoms with Gasteiger partial charge in [-0.05, 0) is 32.2 Å². The summed E-state index contributed by atoms with van der Waals surface area (Å²) in [6.45, 7) is 5.11. The van der Waals surface area contributed by atoms with E-state index in [1.54, 1.807) is 0 Å². The van der Waals surface area contributed by atoms with E-state index in [0.29, 0.717) is 5.92 Å². The summed E-state index contributed by atoms with van der Waals surface area (Å²) in [5.74, 6) is 1.83. The van der Waals surface area contributed by atoms with Crippen LogP contribution in [0.4, 0.5) is 5.82 Å². The molecule has 0 unspecified atom stereocenters. The summed E-state index contributed by atoms with van der Waals surface area (Å²) in [6.07, 6.45) is 2.40. The molecule has 0 atom stereocenters. The van der Waals surface area contributed by atoms with Crippen molar-refractivity contribution in [1.29, 1.82) is 0 Å². The van der Waals surface area contributed by atoms with Gasteiger partial charge in [0.15, 0.2) is 5.82 Å². The summed E-state index contributed by atoms with van der Waals surface area (Å²) in [5, 5.41) is 4.50. The van der Waals surface area contributed by atoms with Crippen molar-refractivity contribution in [2.75, 3.05) is 24.5 Å². The van der Waals surface area contributed by atoms with Gasteiger partial charge >= 0.3 is 0 Å². The molecule has 0 aliphatic carbocycles. The molecule has 2 N–H and O–H groups in total. The van der Waals surface area contributed by atoms with E-state index >= 15 is 0 Å². The van der Waals surface area contributed by atoms with Gasteiger partial charge in [-0.15, -0.1) is 0 Å². The van der Waals surface area contributed by atoms with Crippen LogP contribution in [0.3, 0.4) is 0 Å². The molecule has 0 spiro atoms. The monoisotopic (exact) mass is 208 g/mol. The first-order chi connectivity index (χ1) is 7.20. The summed E-state index contributed by atoms with van der Waals surface area (Å²) in [5.41, 5.74) is 6.89. The highest BCUT2D eigenvalue weighted by Gasteiger charge is 2.19. The molecule has 1 fully saturated rings. The maximum Gasteiger partial charge on any atom is 0.150 e. The van der Waals surface area contributed by atoms with Crippen LogP contribution in [-0.4, -0.2) is 29.4 Å². The molecule has 15 heavy (non-hydrogen) atoms. The molecular formula is C11H20N4. The Bertz CT molecular complexity index is 304. The van der Waals surface area contributed by atoms with E-state index in [4.69, 9.17) is 5.73 Å². The van der Waals surface area contributed by atoms with Crippen molar-refractivity contribution in [2.24, 2.45) is 18.7 Å². The molecule has 84 valence electrons. The third-order valence-corrected chi connectivity index (χ3v) is 3.37. The topological polar surface area (TPSA) is 47.1 Å². The van der Waals surface area contributed by atoms with Gasteiger partial charge in [-0.3, -0.25) is 4.68 Å². The lowest BCUT2D eigenvalue weighted by molar-refractivity contribution is 0.412. The second kappa shape index (κ2) is 4.23. The minimum atomic E-state index is 0.714. The molecule has 0 amide bonds. The Balaban J connectivity index is 2.01. The number of aromatic nitrogens is 2. The van der Waals surface area contributed by atoms with Gasteiger partial charge in [-0.2, -0.15) is 5.10 Å². The first kappa shape index (κ1) is 10.5. The Morgan fingerprint density at radius 2 is 2.13 bits per heavy atom. The van der Waals surface area contributed by atoms with Crippen molar-refractivity contribution >= 4 is 5.82 Å². The van der Waals surface area contributed by atoms with Crippen LogP contribution >= 0.6 is 0 Å². The maximum absolute atomic E-state index is 5.68. The lowest BCUT2D eigenvalue weighted by Gasteiger charge is -2.31. The van der Waals surface area contributed by atoms with Crippen molar-refractivity contribution in [3.63, 3.8) is 0 Å². The van der Waals surface area contributed by atoms with Crippen LogP contribution in [0.5, 0.6) is 0 Å². The van der Waals surface area contributed by atoms with E-state index in [0.717, 1.165) is 25.5 Å². The van der Waals surface area contributed by atoms with Crippen LogP contribution in [0.25, 0.3) is 0 Å². The first-order valence-electron chi connectivity index (χ1n) is 5.66. The highest BCUT2D eigenvalue weighted by Crippen LogP contribution is 2.21. The van der Waals surface area contributed by atoms with Gasteiger partial charge in [-0.1, -0.05) is 0 Å². The highest BCUT2D eigenvalue weighted by molar-refractivity contribution is 5.39. The van der Waals surface area contributed by atoms with Gasteiger partial charge < -0.3 is 10.6 Å².